The van der Waals surface area contributed by atoms with Crippen LogP contribution in [0.1, 0.15) is 11.1 Å². The zero-order valence-electron chi connectivity index (χ0n) is 11.0. The highest BCUT2D eigenvalue weighted by Gasteiger charge is 2.19. The van der Waals surface area contributed by atoms with E-state index in [1.807, 2.05) is 13.8 Å². The van der Waals surface area contributed by atoms with Gasteiger partial charge in [0.1, 0.15) is 4.90 Å². The second-order valence-electron chi connectivity index (χ2n) is 4.44. The van der Waals surface area contributed by atoms with Crippen molar-refractivity contribution in [1.29, 1.82) is 0 Å². The van der Waals surface area contributed by atoms with Crippen LogP contribution >= 0.6 is 15.9 Å². The molecule has 2 aromatic rings. The van der Waals surface area contributed by atoms with Crippen molar-refractivity contribution in [3.05, 3.63) is 46.2 Å². The van der Waals surface area contributed by atoms with Crippen LogP contribution in [0.3, 0.4) is 0 Å². The first-order chi connectivity index (χ1) is 9.31. The Labute approximate surface area is 126 Å². The van der Waals surface area contributed by atoms with Gasteiger partial charge in [0, 0.05) is 12.4 Å². The van der Waals surface area contributed by atoms with E-state index in [9.17, 15) is 8.42 Å². The van der Waals surface area contributed by atoms with Crippen molar-refractivity contribution in [1.82, 2.24) is 4.98 Å². The van der Waals surface area contributed by atoms with Crippen molar-refractivity contribution >= 4 is 37.3 Å². The second kappa shape index (κ2) is 5.41. The predicted octanol–water partition coefficient (Wildman–Crippen LogP) is 2.84. The number of nitrogens with zero attached hydrogens (tertiary/aromatic N) is 1. The Morgan fingerprint density at radius 1 is 1.25 bits per heavy atom. The average molecular weight is 356 g/mol. The van der Waals surface area contributed by atoms with E-state index in [0.717, 1.165) is 11.1 Å². The van der Waals surface area contributed by atoms with E-state index < -0.39 is 10.0 Å². The van der Waals surface area contributed by atoms with Crippen LogP contribution in [-0.4, -0.2) is 13.4 Å². The summed E-state index contributed by atoms with van der Waals surface area (Å²) in [5.41, 5.74) is 8.29. The van der Waals surface area contributed by atoms with Gasteiger partial charge < -0.3 is 5.73 Å². The van der Waals surface area contributed by atoms with Crippen molar-refractivity contribution in [3.63, 3.8) is 0 Å². The van der Waals surface area contributed by atoms with Crippen LogP contribution in [0.25, 0.3) is 0 Å². The predicted molar refractivity (Wildman–Crippen MR) is 83.1 cm³/mol. The number of nitrogens with two attached hydrogens (primary N) is 1. The molecule has 0 saturated heterocycles. The Balaban J connectivity index is 2.47. The van der Waals surface area contributed by atoms with Crippen molar-refractivity contribution in [2.45, 2.75) is 18.7 Å². The van der Waals surface area contributed by atoms with E-state index >= 15 is 0 Å². The van der Waals surface area contributed by atoms with E-state index in [1.54, 1.807) is 18.2 Å². The molecule has 0 bridgehead atoms. The molecule has 1 heterocycles. The molecule has 0 aliphatic rings. The second-order valence-corrected chi connectivity index (χ2v) is 6.94. The minimum Gasteiger partial charge on any atom is -0.398 e. The summed E-state index contributed by atoms with van der Waals surface area (Å²) in [6.45, 7) is 3.73. The average Bonchev–Trinajstić information content (AvgIpc) is 2.36. The molecule has 20 heavy (non-hydrogen) atoms. The van der Waals surface area contributed by atoms with Gasteiger partial charge >= 0.3 is 0 Å². The van der Waals surface area contributed by atoms with Crippen LogP contribution in [0.5, 0.6) is 0 Å². The topological polar surface area (TPSA) is 85.1 Å². The Morgan fingerprint density at radius 3 is 2.55 bits per heavy atom. The number of pyridine rings is 1. The number of benzene rings is 1. The molecule has 0 aliphatic heterocycles. The largest absolute Gasteiger partial charge is 0.398 e. The quantitative estimate of drug-likeness (QED) is 0.829. The van der Waals surface area contributed by atoms with Crippen molar-refractivity contribution in [3.8, 4) is 0 Å². The minimum absolute atomic E-state index is 0.0734. The number of anilines is 2. The van der Waals surface area contributed by atoms with E-state index in [2.05, 4.69) is 25.6 Å². The molecule has 106 valence electrons. The molecule has 0 amide bonds. The van der Waals surface area contributed by atoms with Gasteiger partial charge in [-0.3, -0.25) is 9.71 Å². The van der Waals surface area contributed by atoms with E-state index in [4.69, 9.17) is 5.73 Å². The third-order valence-electron chi connectivity index (χ3n) is 2.93. The number of hydrogen-bond donors (Lipinski definition) is 2. The Morgan fingerprint density at radius 2 is 1.90 bits per heavy atom. The number of sulfonamides is 1. The summed E-state index contributed by atoms with van der Waals surface area (Å²) in [6.07, 6.45) is 3.02. The highest BCUT2D eigenvalue weighted by Crippen LogP contribution is 2.27. The zero-order chi connectivity index (χ0) is 14.9. The zero-order valence-corrected chi connectivity index (χ0v) is 13.4. The lowest BCUT2D eigenvalue weighted by molar-refractivity contribution is 0.601. The van der Waals surface area contributed by atoms with Gasteiger partial charge in [-0.05, 0) is 59.1 Å². The highest BCUT2D eigenvalue weighted by atomic mass is 79.9. The molecule has 3 N–H and O–H groups in total. The normalized spacial score (nSPS) is 11.3. The molecule has 0 saturated carbocycles. The third kappa shape index (κ3) is 2.94. The molecule has 0 fully saturated rings. The Hall–Kier alpha value is -1.60. The maximum absolute atomic E-state index is 12.4. The maximum atomic E-state index is 12.4. The van der Waals surface area contributed by atoms with Crippen LogP contribution in [0.4, 0.5) is 11.4 Å². The monoisotopic (exact) mass is 355 g/mol. The SMILES string of the molecule is Cc1cc(N)c(S(=O)(=O)Nc2ccncc2Br)cc1C. The van der Waals surface area contributed by atoms with Gasteiger partial charge in [0.15, 0.2) is 0 Å². The Bertz CT molecular complexity index is 760. The highest BCUT2D eigenvalue weighted by molar-refractivity contribution is 9.10. The lowest BCUT2D eigenvalue weighted by Gasteiger charge is -2.13. The van der Waals surface area contributed by atoms with E-state index in [1.165, 1.54) is 12.4 Å². The number of halogens is 1. The number of aromatic nitrogens is 1. The molecule has 5 nitrogen and oxygen atoms in total. The molecule has 0 radical (unpaired) electrons. The summed E-state index contributed by atoms with van der Waals surface area (Å²) in [4.78, 5) is 3.96. The van der Waals surface area contributed by atoms with Gasteiger partial charge in [0.25, 0.3) is 10.0 Å². The number of nitrogens with one attached hydrogen (secondary N) is 1. The lowest BCUT2D eigenvalue weighted by Crippen LogP contribution is -2.15. The summed E-state index contributed by atoms with van der Waals surface area (Å²) >= 11 is 3.25. The fourth-order valence-electron chi connectivity index (χ4n) is 1.70. The molecule has 1 aromatic heterocycles. The molecular formula is C13H14BrN3O2S. The van der Waals surface area contributed by atoms with Crippen molar-refractivity contribution in [2.75, 3.05) is 10.5 Å². The summed E-state index contributed by atoms with van der Waals surface area (Å²) in [5.74, 6) is 0. The first-order valence-electron chi connectivity index (χ1n) is 5.80. The van der Waals surface area contributed by atoms with E-state index in [-0.39, 0.29) is 10.6 Å². The first-order valence-corrected chi connectivity index (χ1v) is 8.08. The fourth-order valence-corrected chi connectivity index (χ4v) is 3.46. The summed E-state index contributed by atoms with van der Waals surface area (Å²) in [7, 11) is -3.74. The summed E-state index contributed by atoms with van der Waals surface area (Å²) in [5, 5.41) is 0. The van der Waals surface area contributed by atoms with Gasteiger partial charge in [0.2, 0.25) is 0 Å². The van der Waals surface area contributed by atoms with E-state index in [0.29, 0.717) is 10.2 Å². The van der Waals surface area contributed by atoms with Crippen LogP contribution in [0, 0.1) is 13.8 Å². The number of nitrogen functional groups attached to an aromatic ring is 1. The number of aryl methyl sites for hydroxylation is 2. The molecule has 0 spiro atoms. The summed E-state index contributed by atoms with van der Waals surface area (Å²) in [6, 6.07) is 4.80. The van der Waals surface area contributed by atoms with Gasteiger partial charge in [-0.15, -0.1) is 0 Å². The Kier molecular flexibility index (Phi) is 4.01. The molecule has 0 aliphatic carbocycles. The van der Waals surface area contributed by atoms with Gasteiger partial charge in [-0.25, -0.2) is 8.42 Å². The van der Waals surface area contributed by atoms with Crippen molar-refractivity contribution in [2.24, 2.45) is 0 Å². The van der Waals surface area contributed by atoms with Crippen LogP contribution in [0.15, 0.2) is 40.0 Å². The van der Waals surface area contributed by atoms with Crippen molar-refractivity contribution < 1.29 is 8.42 Å². The smallest absolute Gasteiger partial charge is 0.263 e. The fraction of sp³-hybridized carbons (Fsp3) is 0.154. The number of rotatable bonds is 3. The molecule has 7 heteroatoms. The molecule has 2 rings (SSSR count). The molecule has 0 atom stereocenters. The lowest BCUT2D eigenvalue weighted by atomic mass is 10.1. The molecule has 0 unspecified atom stereocenters. The minimum atomic E-state index is -3.74. The molecular weight excluding hydrogens is 342 g/mol. The van der Waals surface area contributed by atoms with Gasteiger partial charge in [-0.2, -0.15) is 0 Å². The van der Waals surface area contributed by atoms with Gasteiger partial charge in [-0.1, -0.05) is 0 Å². The molecule has 1 aromatic carbocycles. The van der Waals surface area contributed by atoms with Crippen LogP contribution < -0.4 is 10.5 Å². The first kappa shape index (κ1) is 14.8. The third-order valence-corrected chi connectivity index (χ3v) is 4.99. The van der Waals surface area contributed by atoms with Crippen LogP contribution in [0.2, 0.25) is 0 Å². The maximum Gasteiger partial charge on any atom is 0.263 e. The standard InChI is InChI=1S/C13H14BrN3O2S/c1-8-5-11(15)13(6-9(8)2)20(18,19)17-12-3-4-16-7-10(12)14/h3-7H,15H2,1-2H3,(H,16,17). The summed E-state index contributed by atoms with van der Waals surface area (Å²) < 4.78 is 27.9. The van der Waals surface area contributed by atoms with Gasteiger partial charge in [0.05, 0.1) is 15.8 Å². The van der Waals surface area contributed by atoms with Crippen LogP contribution in [-0.2, 0) is 10.0 Å². The number of hydrogen-bond acceptors (Lipinski definition) is 4.